The highest BCUT2D eigenvalue weighted by atomic mass is 79.9. The molecule has 0 spiro atoms. The highest BCUT2D eigenvalue weighted by Gasteiger charge is 2.35. The van der Waals surface area contributed by atoms with Gasteiger partial charge >= 0.3 is 6.18 Å². The molecule has 0 saturated heterocycles. The van der Waals surface area contributed by atoms with E-state index < -0.39 is 17.6 Å². The summed E-state index contributed by atoms with van der Waals surface area (Å²) in [6.07, 6.45) is -3.30. The molecule has 2 nitrogen and oxygen atoms in total. The first-order valence-corrected chi connectivity index (χ1v) is 5.25. The molecule has 0 aliphatic heterocycles. The topological polar surface area (TPSA) is 17.8 Å². The van der Waals surface area contributed by atoms with Crippen LogP contribution in [0.25, 0.3) is 5.69 Å². The van der Waals surface area contributed by atoms with Crippen molar-refractivity contribution in [3.63, 3.8) is 0 Å². The van der Waals surface area contributed by atoms with Crippen molar-refractivity contribution in [2.24, 2.45) is 0 Å². The zero-order chi connectivity index (χ0) is 12.6. The summed E-state index contributed by atoms with van der Waals surface area (Å²) in [6, 6.07) is 3.93. The zero-order valence-corrected chi connectivity index (χ0v) is 9.76. The van der Waals surface area contributed by atoms with E-state index in [9.17, 15) is 17.6 Å². The molecular weight excluding hydrogens is 304 g/mol. The lowest BCUT2D eigenvalue weighted by molar-refractivity contribution is -0.137. The van der Waals surface area contributed by atoms with Gasteiger partial charge in [-0.3, -0.25) is 0 Å². The molecule has 0 N–H and O–H groups in total. The molecule has 2 aromatic rings. The van der Waals surface area contributed by atoms with Crippen LogP contribution >= 0.6 is 15.9 Å². The quantitative estimate of drug-likeness (QED) is 0.733. The van der Waals surface area contributed by atoms with Gasteiger partial charge in [0, 0.05) is 0 Å². The molecule has 2 rings (SSSR count). The highest BCUT2D eigenvalue weighted by molar-refractivity contribution is 9.10. The number of halogens is 5. The lowest BCUT2D eigenvalue weighted by Crippen LogP contribution is -2.12. The molecule has 0 unspecified atom stereocenters. The van der Waals surface area contributed by atoms with Crippen LogP contribution in [-0.4, -0.2) is 9.78 Å². The minimum absolute atomic E-state index is 0.226. The van der Waals surface area contributed by atoms with Gasteiger partial charge in [-0.1, -0.05) is 0 Å². The fraction of sp³-hybridized carbons (Fsp3) is 0.100. The molecule has 0 bridgehead atoms. The van der Waals surface area contributed by atoms with Gasteiger partial charge in [0.15, 0.2) is 0 Å². The van der Waals surface area contributed by atoms with Crippen LogP contribution in [0.1, 0.15) is 5.56 Å². The van der Waals surface area contributed by atoms with Gasteiger partial charge in [-0.05, 0) is 40.2 Å². The average molecular weight is 309 g/mol. The van der Waals surface area contributed by atoms with Gasteiger partial charge in [0.25, 0.3) is 0 Å². The monoisotopic (exact) mass is 308 g/mol. The molecule has 17 heavy (non-hydrogen) atoms. The maximum absolute atomic E-state index is 12.9. The molecule has 0 aliphatic rings. The third kappa shape index (κ3) is 2.33. The van der Waals surface area contributed by atoms with Crippen LogP contribution in [0.3, 0.4) is 0 Å². The third-order valence-electron chi connectivity index (χ3n) is 2.09. The number of rotatable bonds is 1. The standard InChI is InChI=1S/C10H5BrF4N2/c11-9-3-4-16-17(9)8-2-1-6(12)5-7(8)10(13,14)15/h1-5H. The number of nitrogens with zero attached hydrogens (tertiary/aromatic N) is 2. The Labute approximate surface area is 102 Å². The maximum Gasteiger partial charge on any atom is 0.418 e. The zero-order valence-electron chi connectivity index (χ0n) is 8.17. The van der Waals surface area contributed by atoms with Crippen LogP contribution in [0.5, 0.6) is 0 Å². The minimum Gasteiger partial charge on any atom is -0.226 e. The molecule has 7 heteroatoms. The van der Waals surface area contributed by atoms with Crippen LogP contribution in [0.2, 0.25) is 0 Å². The van der Waals surface area contributed by atoms with E-state index in [2.05, 4.69) is 21.0 Å². The van der Waals surface area contributed by atoms with Crippen LogP contribution in [0, 0.1) is 5.82 Å². The first kappa shape index (κ1) is 12.1. The minimum atomic E-state index is -4.64. The Balaban J connectivity index is 2.67. The molecule has 0 atom stereocenters. The van der Waals surface area contributed by atoms with Crippen molar-refractivity contribution in [1.82, 2.24) is 9.78 Å². The van der Waals surface area contributed by atoms with E-state index in [0.717, 1.165) is 16.8 Å². The summed E-state index contributed by atoms with van der Waals surface area (Å²) in [5, 5.41) is 3.74. The van der Waals surface area contributed by atoms with E-state index in [1.54, 1.807) is 0 Å². The fourth-order valence-corrected chi connectivity index (χ4v) is 1.79. The molecule has 1 aromatic carbocycles. The molecule has 0 aliphatic carbocycles. The van der Waals surface area contributed by atoms with Crippen molar-refractivity contribution in [2.75, 3.05) is 0 Å². The molecular formula is C10H5BrF4N2. The van der Waals surface area contributed by atoms with Crippen molar-refractivity contribution in [3.05, 3.63) is 46.4 Å². The van der Waals surface area contributed by atoms with Gasteiger partial charge in [0.2, 0.25) is 0 Å². The van der Waals surface area contributed by atoms with Gasteiger partial charge in [-0.15, -0.1) is 0 Å². The van der Waals surface area contributed by atoms with E-state index in [4.69, 9.17) is 0 Å². The van der Waals surface area contributed by atoms with Crippen molar-refractivity contribution < 1.29 is 17.6 Å². The van der Waals surface area contributed by atoms with Gasteiger partial charge < -0.3 is 0 Å². The Morgan fingerprint density at radius 3 is 2.41 bits per heavy atom. The van der Waals surface area contributed by atoms with Crippen molar-refractivity contribution in [3.8, 4) is 5.69 Å². The Bertz CT molecular complexity index is 547. The summed E-state index contributed by atoms with van der Waals surface area (Å²) in [4.78, 5) is 0. The largest absolute Gasteiger partial charge is 0.418 e. The summed E-state index contributed by atoms with van der Waals surface area (Å²) in [5.41, 5.74) is -1.29. The van der Waals surface area contributed by atoms with Crippen LogP contribution in [0.15, 0.2) is 35.1 Å². The number of aromatic nitrogens is 2. The maximum atomic E-state index is 12.9. The molecule has 1 aromatic heterocycles. The Morgan fingerprint density at radius 1 is 1.18 bits per heavy atom. The predicted octanol–water partition coefficient (Wildman–Crippen LogP) is 3.79. The van der Waals surface area contributed by atoms with Gasteiger partial charge in [-0.2, -0.15) is 18.3 Å². The summed E-state index contributed by atoms with van der Waals surface area (Å²) < 4.78 is 52.5. The summed E-state index contributed by atoms with van der Waals surface area (Å²) in [7, 11) is 0. The van der Waals surface area contributed by atoms with E-state index in [0.29, 0.717) is 10.7 Å². The van der Waals surface area contributed by atoms with Gasteiger partial charge in [-0.25, -0.2) is 9.07 Å². The number of benzene rings is 1. The second kappa shape index (κ2) is 4.14. The van der Waals surface area contributed by atoms with Crippen molar-refractivity contribution in [2.45, 2.75) is 6.18 Å². The molecule has 0 saturated carbocycles. The lowest BCUT2D eigenvalue weighted by Gasteiger charge is -2.13. The normalized spacial score (nSPS) is 11.8. The third-order valence-corrected chi connectivity index (χ3v) is 2.69. The molecule has 0 amide bonds. The molecule has 1 heterocycles. The van der Waals surface area contributed by atoms with Crippen LogP contribution in [-0.2, 0) is 6.18 Å². The van der Waals surface area contributed by atoms with E-state index >= 15 is 0 Å². The molecule has 0 fully saturated rings. The second-order valence-electron chi connectivity index (χ2n) is 3.22. The predicted molar refractivity (Wildman–Crippen MR) is 56.2 cm³/mol. The Morgan fingerprint density at radius 2 is 1.88 bits per heavy atom. The smallest absolute Gasteiger partial charge is 0.226 e. The first-order chi connectivity index (χ1) is 7.89. The van der Waals surface area contributed by atoms with Crippen molar-refractivity contribution in [1.29, 1.82) is 0 Å². The summed E-state index contributed by atoms with van der Waals surface area (Å²) in [6.45, 7) is 0. The number of hydrogen-bond donors (Lipinski definition) is 0. The Hall–Kier alpha value is -1.37. The highest BCUT2D eigenvalue weighted by Crippen LogP contribution is 2.35. The van der Waals surface area contributed by atoms with E-state index in [-0.39, 0.29) is 5.69 Å². The van der Waals surface area contributed by atoms with Crippen molar-refractivity contribution >= 4 is 15.9 Å². The Kier molecular flexibility index (Phi) is 2.94. The SMILES string of the molecule is Fc1ccc(-n2nccc2Br)c(C(F)(F)F)c1. The van der Waals surface area contributed by atoms with Crippen LogP contribution in [0.4, 0.5) is 17.6 Å². The number of hydrogen-bond acceptors (Lipinski definition) is 1. The molecule has 0 radical (unpaired) electrons. The van der Waals surface area contributed by atoms with E-state index in [1.165, 1.54) is 12.3 Å². The fourth-order valence-electron chi connectivity index (χ4n) is 1.38. The van der Waals surface area contributed by atoms with Crippen LogP contribution < -0.4 is 0 Å². The van der Waals surface area contributed by atoms with Gasteiger partial charge in [0.05, 0.1) is 17.4 Å². The summed E-state index contributed by atoms with van der Waals surface area (Å²) in [5.74, 6) is -0.940. The first-order valence-electron chi connectivity index (χ1n) is 4.46. The average Bonchev–Trinajstić information content (AvgIpc) is 2.63. The molecule has 90 valence electrons. The van der Waals surface area contributed by atoms with E-state index in [1.807, 2.05) is 0 Å². The summed E-state index contributed by atoms with van der Waals surface area (Å²) >= 11 is 3.06. The number of alkyl halides is 3. The van der Waals surface area contributed by atoms with Gasteiger partial charge in [0.1, 0.15) is 10.4 Å². The second-order valence-corrected chi connectivity index (χ2v) is 4.04. The lowest BCUT2D eigenvalue weighted by atomic mass is 10.1.